The molecular formula is C33H45N3O5. The van der Waals surface area contributed by atoms with Gasteiger partial charge in [-0.05, 0) is 48.9 Å². The van der Waals surface area contributed by atoms with E-state index in [1.807, 2.05) is 60.7 Å². The first-order chi connectivity index (χ1) is 19.8. The van der Waals surface area contributed by atoms with E-state index in [2.05, 4.69) is 12.1 Å². The molecule has 0 unspecified atom stereocenters. The van der Waals surface area contributed by atoms with Gasteiger partial charge in [0.2, 0.25) is 0 Å². The third-order valence-corrected chi connectivity index (χ3v) is 6.29. The third-order valence-electron chi connectivity index (χ3n) is 6.29. The van der Waals surface area contributed by atoms with Crippen LogP contribution in [0.25, 0.3) is 11.1 Å². The lowest BCUT2D eigenvalue weighted by Gasteiger charge is -2.15. The molecule has 0 aliphatic heterocycles. The number of unbranched alkanes of at least 4 members (excludes halogenated alkanes) is 1. The van der Waals surface area contributed by atoms with Crippen molar-refractivity contribution >= 4 is 18.2 Å². The van der Waals surface area contributed by atoms with Gasteiger partial charge in [-0.15, -0.1) is 0 Å². The van der Waals surface area contributed by atoms with Gasteiger partial charge in [-0.1, -0.05) is 111 Å². The average molecular weight is 564 g/mol. The minimum absolute atomic E-state index is 0.112. The standard InChI is InChI=1S/C13H10O.C8H8O2.C6H14N2O2.C6H13N/c14-10-11-6-8-13(9-7-11)12-4-2-1-3-5-12;9-8(10)6-7-4-2-1-3-5-7;7-4-2-1-3-5(8)6(9)10;7-6-4-2-1-3-5-6/h1-10H;1-5H,6H2,(H,9,10);5H,1-4,7-8H2,(H,9,10);6H,1-5,7H2/t;;5-;/m..1./s1. The Hall–Kier alpha value is -3.85. The molecule has 1 saturated carbocycles. The Morgan fingerprint density at radius 2 is 1.34 bits per heavy atom. The fraction of sp³-hybridized carbons (Fsp3) is 0.364. The van der Waals surface area contributed by atoms with E-state index in [1.54, 1.807) is 12.1 Å². The topological polar surface area (TPSA) is 170 Å². The number of hydrogen-bond acceptors (Lipinski definition) is 6. The van der Waals surface area contributed by atoms with Crippen LogP contribution >= 0.6 is 0 Å². The van der Waals surface area contributed by atoms with Gasteiger partial charge in [-0.25, -0.2) is 0 Å². The van der Waals surface area contributed by atoms with Gasteiger partial charge >= 0.3 is 11.9 Å². The molecule has 41 heavy (non-hydrogen) atoms. The van der Waals surface area contributed by atoms with Gasteiger partial charge in [0.25, 0.3) is 0 Å². The van der Waals surface area contributed by atoms with Crippen molar-refractivity contribution in [2.24, 2.45) is 17.2 Å². The number of carbonyl (C=O) groups excluding carboxylic acids is 1. The summed E-state index contributed by atoms with van der Waals surface area (Å²) in [7, 11) is 0. The van der Waals surface area contributed by atoms with Crippen molar-refractivity contribution in [3.8, 4) is 11.1 Å². The Morgan fingerprint density at radius 3 is 1.78 bits per heavy atom. The molecule has 0 bridgehead atoms. The van der Waals surface area contributed by atoms with Crippen molar-refractivity contribution in [2.45, 2.75) is 69.9 Å². The van der Waals surface area contributed by atoms with Gasteiger partial charge in [-0.3, -0.25) is 14.4 Å². The van der Waals surface area contributed by atoms with E-state index in [4.69, 9.17) is 27.4 Å². The monoisotopic (exact) mass is 563 g/mol. The number of aliphatic carboxylic acids is 2. The lowest BCUT2D eigenvalue weighted by atomic mass is 9.97. The van der Waals surface area contributed by atoms with Crippen LogP contribution < -0.4 is 17.2 Å². The molecule has 1 fully saturated rings. The summed E-state index contributed by atoms with van der Waals surface area (Å²) in [5, 5.41) is 16.7. The highest BCUT2D eigenvalue weighted by atomic mass is 16.4. The minimum Gasteiger partial charge on any atom is -0.481 e. The first-order valence-corrected chi connectivity index (χ1v) is 14.1. The van der Waals surface area contributed by atoms with E-state index in [-0.39, 0.29) is 6.42 Å². The second kappa shape index (κ2) is 21.9. The van der Waals surface area contributed by atoms with Crippen molar-refractivity contribution in [3.63, 3.8) is 0 Å². The van der Waals surface area contributed by atoms with Crippen LogP contribution in [0.15, 0.2) is 84.9 Å². The Bertz CT molecular complexity index is 1100. The largest absolute Gasteiger partial charge is 0.481 e. The molecule has 0 radical (unpaired) electrons. The van der Waals surface area contributed by atoms with E-state index in [1.165, 1.54) is 37.7 Å². The first kappa shape index (κ1) is 35.2. The summed E-state index contributed by atoms with van der Waals surface area (Å²) in [6, 6.07) is 26.6. The van der Waals surface area contributed by atoms with Crippen LogP contribution in [0.2, 0.25) is 0 Å². The number of carboxylic acid groups (broad SMARTS) is 2. The summed E-state index contributed by atoms with van der Waals surface area (Å²) < 4.78 is 0. The van der Waals surface area contributed by atoms with E-state index < -0.39 is 18.0 Å². The van der Waals surface area contributed by atoms with Crippen LogP contribution in [0.5, 0.6) is 0 Å². The fourth-order valence-electron chi connectivity index (χ4n) is 3.92. The van der Waals surface area contributed by atoms with Gasteiger partial charge in [0.1, 0.15) is 12.3 Å². The van der Waals surface area contributed by atoms with Crippen molar-refractivity contribution in [1.82, 2.24) is 0 Å². The second-order valence-corrected chi connectivity index (χ2v) is 9.79. The molecule has 1 aliphatic rings. The quantitative estimate of drug-likeness (QED) is 0.173. The smallest absolute Gasteiger partial charge is 0.320 e. The molecule has 0 spiro atoms. The lowest BCUT2D eigenvalue weighted by molar-refractivity contribution is -0.139. The van der Waals surface area contributed by atoms with Crippen LogP contribution in [-0.4, -0.2) is 47.1 Å². The number of carboxylic acids is 2. The molecule has 1 atom stereocenters. The Labute approximate surface area is 243 Å². The highest BCUT2D eigenvalue weighted by Gasteiger charge is 2.09. The number of rotatable bonds is 9. The van der Waals surface area contributed by atoms with Crippen LogP contribution in [-0.2, 0) is 16.0 Å². The summed E-state index contributed by atoms with van der Waals surface area (Å²) in [5.74, 6) is -1.72. The average Bonchev–Trinajstić information content (AvgIpc) is 2.99. The van der Waals surface area contributed by atoms with Crippen molar-refractivity contribution in [3.05, 3.63) is 96.1 Å². The van der Waals surface area contributed by atoms with Crippen LogP contribution in [0.3, 0.4) is 0 Å². The number of carbonyl (C=O) groups is 3. The molecular weight excluding hydrogens is 518 g/mol. The SMILES string of the molecule is NC1CCCCC1.NCCCC[C@@H](N)C(=O)O.O=C(O)Cc1ccccc1.O=Cc1ccc(-c2ccccc2)cc1. The van der Waals surface area contributed by atoms with Crippen molar-refractivity contribution in [1.29, 1.82) is 0 Å². The Balaban J connectivity index is 0.000000282. The van der Waals surface area contributed by atoms with E-state index in [0.29, 0.717) is 24.6 Å². The third kappa shape index (κ3) is 17.5. The second-order valence-electron chi connectivity index (χ2n) is 9.79. The van der Waals surface area contributed by atoms with Crippen molar-refractivity contribution in [2.75, 3.05) is 6.54 Å². The Kier molecular flexibility index (Phi) is 18.8. The number of aldehydes is 1. The molecule has 8 N–H and O–H groups in total. The highest BCUT2D eigenvalue weighted by molar-refractivity contribution is 5.77. The molecule has 0 heterocycles. The molecule has 3 aromatic carbocycles. The predicted octanol–water partition coefficient (Wildman–Crippen LogP) is 5.28. The van der Waals surface area contributed by atoms with Gasteiger partial charge in [0.15, 0.2) is 0 Å². The zero-order chi connectivity index (χ0) is 30.3. The van der Waals surface area contributed by atoms with Gasteiger partial charge in [0, 0.05) is 11.6 Å². The number of hydrogen-bond donors (Lipinski definition) is 5. The van der Waals surface area contributed by atoms with Crippen LogP contribution in [0, 0.1) is 0 Å². The molecule has 1 aliphatic carbocycles. The van der Waals surface area contributed by atoms with Gasteiger partial charge in [0.05, 0.1) is 6.42 Å². The minimum atomic E-state index is -0.933. The fourth-order valence-corrected chi connectivity index (χ4v) is 3.92. The van der Waals surface area contributed by atoms with Gasteiger partial charge in [-0.2, -0.15) is 0 Å². The van der Waals surface area contributed by atoms with Crippen LogP contribution in [0.1, 0.15) is 67.3 Å². The lowest BCUT2D eigenvalue weighted by Crippen LogP contribution is -2.29. The maximum atomic E-state index is 10.5. The van der Waals surface area contributed by atoms with Crippen LogP contribution in [0.4, 0.5) is 0 Å². The first-order valence-electron chi connectivity index (χ1n) is 14.1. The van der Waals surface area contributed by atoms with Gasteiger partial charge < -0.3 is 27.4 Å². The summed E-state index contributed by atoms with van der Waals surface area (Å²) in [6.07, 6.45) is 9.79. The normalized spacial score (nSPS) is 13.0. The molecule has 0 saturated heterocycles. The molecule has 3 aromatic rings. The summed E-state index contributed by atoms with van der Waals surface area (Å²) in [6.45, 7) is 0.604. The summed E-state index contributed by atoms with van der Waals surface area (Å²) >= 11 is 0. The zero-order valence-electron chi connectivity index (χ0n) is 23.7. The predicted molar refractivity (Wildman–Crippen MR) is 165 cm³/mol. The Morgan fingerprint density at radius 1 is 0.805 bits per heavy atom. The van der Waals surface area contributed by atoms with Crippen molar-refractivity contribution < 1.29 is 24.6 Å². The van der Waals surface area contributed by atoms with E-state index >= 15 is 0 Å². The number of benzene rings is 3. The number of nitrogens with two attached hydrogens (primary N) is 3. The van der Waals surface area contributed by atoms with E-state index in [0.717, 1.165) is 30.3 Å². The summed E-state index contributed by atoms with van der Waals surface area (Å²) in [4.78, 5) is 30.8. The zero-order valence-corrected chi connectivity index (χ0v) is 23.7. The highest BCUT2D eigenvalue weighted by Crippen LogP contribution is 2.18. The molecule has 8 nitrogen and oxygen atoms in total. The van der Waals surface area contributed by atoms with E-state index in [9.17, 15) is 14.4 Å². The molecule has 8 heteroatoms. The molecule has 222 valence electrons. The summed E-state index contributed by atoms with van der Waals surface area (Å²) in [5.41, 5.74) is 19.9. The molecule has 0 amide bonds. The molecule has 0 aromatic heterocycles. The maximum absolute atomic E-state index is 10.5. The molecule has 4 rings (SSSR count). The maximum Gasteiger partial charge on any atom is 0.320 e.